The maximum Gasteiger partial charge on any atom is 0.273 e. The second kappa shape index (κ2) is 8.10. The Kier molecular flexibility index (Phi) is 5.36. The summed E-state index contributed by atoms with van der Waals surface area (Å²) in [7, 11) is 0. The third-order valence-corrected chi connectivity index (χ3v) is 5.61. The number of Topliss-reactive ketones (excluding diaryl/α,β-unsaturated/α-hetero) is 1. The number of nitrogens with one attached hydrogen (secondary N) is 1. The van der Waals surface area contributed by atoms with Crippen molar-refractivity contribution in [3.05, 3.63) is 46.5 Å². The van der Waals surface area contributed by atoms with Crippen LogP contribution in [0, 0.1) is 0 Å². The highest BCUT2D eigenvalue weighted by Crippen LogP contribution is 2.25. The van der Waals surface area contributed by atoms with Gasteiger partial charge in [-0.3, -0.25) is 19.0 Å². The second-order valence-corrected chi connectivity index (χ2v) is 7.59. The Hall–Kier alpha value is -3.11. The van der Waals surface area contributed by atoms with E-state index in [0.717, 1.165) is 18.2 Å². The number of rotatable bonds is 5. The molecule has 0 bridgehead atoms. The highest BCUT2D eigenvalue weighted by atomic mass is 32.1. The van der Waals surface area contributed by atoms with Crippen molar-refractivity contribution in [3.63, 3.8) is 0 Å². The van der Waals surface area contributed by atoms with Crippen LogP contribution in [0.25, 0.3) is 10.3 Å². The number of ketones is 1. The number of hydrogen-bond acceptors (Lipinski definition) is 8. The summed E-state index contributed by atoms with van der Waals surface area (Å²) in [5.41, 5.74) is 1.08. The average Bonchev–Trinajstić information content (AvgIpc) is 3.16. The second-order valence-electron chi connectivity index (χ2n) is 6.61. The molecule has 0 radical (unpaired) electrons. The van der Waals surface area contributed by atoms with Gasteiger partial charge in [0.05, 0.1) is 13.2 Å². The first-order valence-electron chi connectivity index (χ1n) is 9.11. The van der Waals surface area contributed by atoms with E-state index in [1.807, 2.05) is 0 Å². The highest BCUT2D eigenvalue weighted by molar-refractivity contribution is 7.22. The van der Waals surface area contributed by atoms with Gasteiger partial charge in [0, 0.05) is 24.3 Å². The van der Waals surface area contributed by atoms with E-state index >= 15 is 0 Å². The lowest BCUT2D eigenvalue weighted by Gasteiger charge is -2.25. The van der Waals surface area contributed by atoms with Crippen LogP contribution in [0.2, 0.25) is 0 Å². The van der Waals surface area contributed by atoms with Gasteiger partial charge in [-0.15, -0.1) is 0 Å². The Bertz CT molecular complexity index is 1130. The lowest BCUT2D eigenvalue weighted by Crippen LogP contribution is -2.36. The minimum absolute atomic E-state index is 0.0896. The predicted octanol–water partition coefficient (Wildman–Crippen LogP) is 1.53. The Morgan fingerprint density at radius 2 is 2.07 bits per heavy atom. The number of morpholine rings is 1. The quantitative estimate of drug-likeness (QED) is 0.632. The summed E-state index contributed by atoms with van der Waals surface area (Å²) >= 11 is 1.28. The van der Waals surface area contributed by atoms with Gasteiger partial charge in [-0.05, 0) is 19.1 Å². The molecule has 0 unspecified atom stereocenters. The molecule has 3 aromatic rings. The van der Waals surface area contributed by atoms with Crippen molar-refractivity contribution in [2.75, 3.05) is 36.5 Å². The molecule has 0 saturated carbocycles. The molecule has 150 valence electrons. The number of thiazole rings is 1. The first-order valence-corrected chi connectivity index (χ1v) is 9.92. The minimum Gasteiger partial charge on any atom is -0.378 e. The van der Waals surface area contributed by atoms with E-state index in [0.29, 0.717) is 34.8 Å². The van der Waals surface area contributed by atoms with E-state index in [4.69, 9.17) is 4.74 Å². The maximum atomic E-state index is 12.8. The molecule has 1 aromatic carbocycles. The summed E-state index contributed by atoms with van der Waals surface area (Å²) in [4.78, 5) is 47.4. The fourth-order valence-corrected chi connectivity index (χ4v) is 4.03. The van der Waals surface area contributed by atoms with Crippen molar-refractivity contribution in [3.8, 4) is 0 Å². The third kappa shape index (κ3) is 4.17. The number of amides is 1. The molecule has 1 aliphatic heterocycles. The van der Waals surface area contributed by atoms with Crippen LogP contribution in [0.4, 0.5) is 10.8 Å². The van der Waals surface area contributed by atoms with E-state index in [1.165, 1.54) is 29.2 Å². The van der Waals surface area contributed by atoms with Crippen molar-refractivity contribution >= 4 is 44.2 Å². The van der Waals surface area contributed by atoms with Crippen LogP contribution >= 0.6 is 11.3 Å². The molecule has 1 saturated heterocycles. The zero-order chi connectivity index (χ0) is 20.4. The molecule has 1 fully saturated rings. The van der Waals surface area contributed by atoms with E-state index in [1.54, 1.807) is 24.3 Å². The molecular formula is C19H19N5O4S. The monoisotopic (exact) mass is 413 g/mol. The SMILES string of the molecule is CC(=O)c1cccc(NC(=O)Cn2cnc3nc(N4CCOCC4)sc3c2=O)c1. The molecule has 1 amide bonds. The molecule has 0 spiro atoms. The van der Waals surface area contributed by atoms with Gasteiger partial charge in [-0.25, -0.2) is 4.98 Å². The van der Waals surface area contributed by atoms with Crippen LogP contribution in [0.1, 0.15) is 17.3 Å². The topological polar surface area (TPSA) is 106 Å². The van der Waals surface area contributed by atoms with E-state index in [-0.39, 0.29) is 23.8 Å². The van der Waals surface area contributed by atoms with Crippen LogP contribution in [-0.2, 0) is 16.1 Å². The summed E-state index contributed by atoms with van der Waals surface area (Å²) < 4.78 is 7.02. The lowest BCUT2D eigenvalue weighted by atomic mass is 10.1. The van der Waals surface area contributed by atoms with Gasteiger partial charge in [0.1, 0.15) is 17.6 Å². The van der Waals surface area contributed by atoms with Gasteiger partial charge in [0.25, 0.3) is 5.56 Å². The molecule has 4 rings (SSSR count). The van der Waals surface area contributed by atoms with Gasteiger partial charge < -0.3 is 15.0 Å². The summed E-state index contributed by atoms with van der Waals surface area (Å²) in [5, 5.41) is 3.44. The molecular weight excluding hydrogens is 394 g/mol. The number of fused-ring (bicyclic) bond motifs is 1. The van der Waals surface area contributed by atoms with Crippen molar-refractivity contribution < 1.29 is 14.3 Å². The van der Waals surface area contributed by atoms with Crippen LogP contribution in [0.15, 0.2) is 35.4 Å². The Morgan fingerprint density at radius 1 is 1.28 bits per heavy atom. The first kappa shape index (κ1) is 19.2. The van der Waals surface area contributed by atoms with Crippen molar-refractivity contribution in [2.24, 2.45) is 0 Å². The fraction of sp³-hybridized carbons (Fsp3) is 0.316. The molecule has 1 aliphatic rings. The van der Waals surface area contributed by atoms with Crippen LogP contribution < -0.4 is 15.8 Å². The number of ether oxygens (including phenoxy) is 1. The number of carbonyl (C=O) groups is 2. The summed E-state index contributed by atoms with van der Waals surface area (Å²) in [6.07, 6.45) is 1.33. The summed E-state index contributed by atoms with van der Waals surface area (Å²) in [6, 6.07) is 6.65. The van der Waals surface area contributed by atoms with Crippen LogP contribution in [-0.4, -0.2) is 52.5 Å². The normalized spacial score (nSPS) is 14.2. The number of hydrogen-bond donors (Lipinski definition) is 1. The molecule has 0 aliphatic carbocycles. The minimum atomic E-state index is -0.383. The van der Waals surface area contributed by atoms with Crippen molar-refractivity contribution in [1.82, 2.24) is 14.5 Å². The Balaban J connectivity index is 1.52. The molecule has 1 N–H and O–H groups in total. The van der Waals surface area contributed by atoms with E-state index in [2.05, 4.69) is 20.2 Å². The van der Waals surface area contributed by atoms with Gasteiger partial charge >= 0.3 is 0 Å². The Labute approximate surface area is 170 Å². The molecule has 2 aromatic heterocycles. The number of nitrogens with zero attached hydrogens (tertiary/aromatic N) is 4. The number of aromatic nitrogens is 3. The van der Waals surface area contributed by atoms with Crippen LogP contribution in [0.5, 0.6) is 0 Å². The lowest BCUT2D eigenvalue weighted by molar-refractivity contribution is -0.116. The Morgan fingerprint density at radius 3 is 2.83 bits per heavy atom. The van der Waals surface area contributed by atoms with Gasteiger partial charge in [0.15, 0.2) is 16.6 Å². The predicted molar refractivity (Wildman–Crippen MR) is 110 cm³/mol. The molecule has 10 heteroatoms. The maximum absolute atomic E-state index is 12.8. The summed E-state index contributed by atoms with van der Waals surface area (Å²) in [5.74, 6) is -0.472. The molecule has 3 heterocycles. The zero-order valence-electron chi connectivity index (χ0n) is 15.8. The van der Waals surface area contributed by atoms with Crippen LogP contribution in [0.3, 0.4) is 0 Å². The van der Waals surface area contributed by atoms with Crippen molar-refractivity contribution in [2.45, 2.75) is 13.5 Å². The van der Waals surface area contributed by atoms with E-state index in [9.17, 15) is 14.4 Å². The molecule has 29 heavy (non-hydrogen) atoms. The molecule has 9 nitrogen and oxygen atoms in total. The number of benzene rings is 1. The third-order valence-electron chi connectivity index (χ3n) is 4.52. The summed E-state index contributed by atoms with van der Waals surface area (Å²) in [6.45, 7) is 3.96. The molecule has 0 atom stereocenters. The first-order chi connectivity index (χ1) is 14.0. The van der Waals surface area contributed by atoms with Gasteiger partial charge in [0.2, 0.25) is 5.91 Å². The van der Waals surface area contributed by atoms with E-state index < -0.39 is 0 Å². The van der Waals surface area contributed by atoms with Crippen molar-refractivity contribution in [1.29, 1.82) is 0 Å². The highest BCUT2D eigenvalue weighted by Gasteiger charge is 2.18. The number of anilines is 2. The largest absolute Gasteiger partial charge is 0.378 e. The fourth-order valence-electron chi connectivity index (χ4n) is 3.01. The standard InChI is InChI=1S/C19H19N5O4S/c1-12(25)13-3-2-4-14(9-13)21-15(26)10-24-11-20-17-16(18(24)27)29-19(22-17)23-5-7-28-8-6-23/h2-4,9,11H,5-8,10H2,1H3,(H,21,26). The number of carbonyl (C=O) groups excluding carboxylic acids is 2. The smallest absolute Gasteiger partial charge is 0.273 e. The average molecular weight is 413 g/mol. The van der Waals surface area contributed by atoms with Gasteiger partial charge in [-0.2, -0.15) is 4.98 Å². The zero-order valence-corrected chi connectivity index (χ0v) is 16.6. The van der Waals surface area contributed by atoms with Gasteiger partial charge in [-0.1, -0.05) is 23.5 Å².